The van der Waals surface area contributed by atoms with Crippen molar-refractivity contribution in [2.75, 3.05) is 25.5 Å². The molecule has 0 bridgehead atoms. The lowest BCUT2D eigenvalue weighted by Crippen LogP contribution is -2.18. The van der Waals surface area contributed by atoms with Crippen molar-refractivity contribution in [3.8, 4) is 0 Å². The second-order valence-corrected chi connectivity index (χ2v) is 3.78. The number of hydrogen-bond acceptors (Lipinski definition) is 3. The molecular formula is C11H17N3. The summed E-state index contributed by atoms with van der Waals surface area (Å²) < 4.78 is 0. The molecule has 0 unspecified atom stereocenters. The Morgan fingerprint density at radius 2 is 2.14 bits per heavy atom. The zero-order valence-corrected chi connectivity index (χ0v) is 8.66. The van der Waals surface area contributed by atoms with E-state index < -0.39 is 0 Å². The van der Waals surface area contributed by atoms with Gasteiger partial charge in [-0.3, -0.25) is 4.90 Å². The number of nitrogens with zero attached hydrogens (tertiary/aromatic N) is 2. The molecule has 1 aliphatic heterocycles. The predicted octanol–water partition coefficient (Wildman–Crippen LogP) is 1.72. The zero-order valence-electron chi connectivity index (χ0n) is 8.66. The number of hydrogen-bond donors (Lipinski definition) is 1. The molecule has 0 radical (unpaired) electrons. The summed E-state index contributed by atoms with van der Waals surface area (Å²) in [6, 6.07) is 4.18. The minimum Gasteiger partial charge on any atom is -0.373 e. The molecule has 3 nitrogen and oxygen atoms in total. The summed E-state index contributed by atoms with van der Waals surface area (Å²) in [6.45, 7) is 3.54. The summed E-state index contributed by atoms with van der Waals surface area (Å²) >= 11 is 0. The first kappa shape index (κ1) is 9.46. The molecule has 1 N–H and O–H groups in total. The van der Waals surface area contributed by atoms with Crippen LogP contribution in [-0.2, 0) is 6.54 Å². The molecule has 0 spiro atoms. The van der Waals surface area contributed by atoms with Gasteiger partial charge in [-0.2, -0.15) is 0 Å². The van der Waals surface area contributed by atoms with Crippen LogP contribution in [0, 0.1) is 0 Å². The Morgan fingerprint density at radius 3 is 2.71 bits per heavy atom. The standard InChI is InChI=1S/C11H17N3/c1-12-11-5-4-10(8-13-11)9-14-6-2-3-7-14/h4-5,8H,2-3,6-7,9H2,1H3,(H,12,13). The Bertz CT molecular complexity index is 275. The highest BCUT2D eigenvalue weighted by Crippen LogP contribution is 2.12. The zero-order chi connectivity index (χ0) is 9.80. The number of aromatic nitrogens is 1. The molecule has 0 aromatic carbocycles. The van der Waals surface area contributed by atoms with Gasteiger partial charge in [-0.1, -0.05) is 6.07 Å². The van der Waals surface area contributed by atoms with Crippen LogP contribution in [0.5, 0.6) is 0 Å². The third-order valence-electron chi connectivity index (χ3n) is 2.69. The molecule has 14 heavy (non-hydrogen) atoms. The van der Waals surface area contributed by atoms with E-state index in [0.717, 1.165) is 12.4 Å². The molecule has 1 saturated heterocycles. The van der Waals surface area contributed by atoms with E-state index in [0.29, 0.717) is 0 Å². The second-order valence-electron chi connectivity index (χ2n) is 3.78. The van der Waals surface area contributed by atoms with Gasteiger partial charge in [-0.05, 0) is 37.6 Å². The topological polar surface area (TPSA) is 28.2 Å². The van der Waals surface area contributed by atoms with Gasteiger partial charge in [0.25, 0.3) is 0 Å². The van der Waals surface area contributed by atoms with E-state index >= 15 is 0 Å². The quantitative estimate of drug-likeness (QED) is 0.788. The molecule has 0 amide bonds. The van der Waals surface area contributed by atoms with Crippen LogP contribution in [0.3, 0.4) is 0 Å². The summed E-state index contributed by atoms with van der Waals surface area (Å²) in [5.41, 5.74) is 1.31. The van der Waals surface area contributed by atoms with Gasteiger partial charge >= 0.3 is 0 Å². The Hall–Kier alpha value is -1.09. The van der Waals surface area contributed by atoms with Gasteiger partial charge in [0.15, 0.2) is 0 Å². The van der Waals surface area contributed by atoms with Crippen LogP contribution in [-0.4, -0.2) is 30.0 Å². The second kappa shape index (κ2) is 4.42. The molecule has 0 atom stereocenters. The van der Waals surface area contributed by atoms with Crippen LogP contribution in [0.2, 0.25) is 0 Å². The van der Waals surface area contributed by atoms with Crippen molar-refractivity contribution >= 4 is 5.82 Å². The lowest BCUT2D eigenvalue weighted by atomic mass is 10.2. The van der Waals surface area contributed by atoms with Crippen molar-refractivity contribution in [3.05, 3.63) is 23.9 Å². The average molecular weight is 191 g/mol. The fourth-order valence-electron chi connectivity index (χ4n) is 1.86. The Morgan fingerprint density at radius 1 is 1.36 bits per heavy atom. The van der Waals surface area contributed by atoms with Crippen molar-refractivity contribution < 1.29 is 0 Å². The summed E-state index contributed by atoms with van der Waals surface area (Å²) in [7, 11) is 1.89. The molecule has 1 aromatic heterocycles. The first-order chi connectivity index (χ1) is 6.88. The Balaban J connectivity index is 1.95. The minimum absolute atomic E-state index is 0.940. The van der Waals surface area contributed by atoms with Gasteiger partial charge in [-0.15, -0.1) is 0 Å². The number of anilines is 1. The van der Waals surface area contributed by atoms with Crippen LogP contribution in [0.1, 0.15) is 18.4 Å². The number of nitrogens with one attached hydrogen (secondary N) is 1. The van der Waals surface area contributed by atoms with Crippen molar-refractivity contribution in [3.63, 3.8) is 0 Å². The van der Waals surface area contributed by atoms with Gasteiger partial charge in [0.05, 0.1) is 0 Å². The predicted molar refractivity (Wildman–Crippen MR) is 58.3 cm³/mol. The molecular weight excluding hydrogens is 174 g/mol. The highest BCUT2D eigenvalue weighted by atomic mass is 15.1. The van der Waals surface area contributed by atoms with E-state index in [4.69, 9.17) is 0 Å². The van der Waals surface area contributed by atoms with E-state index in [-0.39, 0.29) is 0 Å². The third kappa shape index (κ3) is 2.23. The van der Waals surface area contributed by atoms with Crippen LogP contribution in [0.15, 0.2) is 18.3 Å². The van der Waals surface area contributed by atoms with Gasteiger partial charge in [0.2, 0.25) is 0 Å². The van der Waals surface area contributed by atoms with Gasteiger partial charge < -0.3 is 5.32 Å². The highest BCUT2D eigenvalue weighted by Gasteiger charge is 2.11. The normalized spacial score (nSPS) is 17.2. The van der Waals surface area contributed by atoms with Crippen LogP contribution < -0.4 is 5.32 Å². The molecule has 1 aromatic rings. The molecule has 76 valence electrons. The van der Waals surface area contributed by atoms with Crippen LogP contribution in [0.25, 0.3) is 0 Å². The van der Waals surface area contributed by atoms with E-state index in [1.54, 1.807) is 0 Å². The number of pyridine rings is 1. The van der Waals surface area contributed by atoms with E-state index in [1.807, 2.05) is 19.3 Å². The van der Waals surface area contributed by atoms with Gasteiger partial charge in [0.1, 0.15) is 5.82 Å². The molecule has 2 heterocycles. The third-order valence-corrected chi connectivity index (χ3v) is 2.69. The maximum Gasteiger partial charge on any atom is 0.125 e. The maximum atomic E-state index is 4.30. The largest absolute Gasteiger partial charge is 0.373 e. The van der Waals surface area contributed by atoms with Crippen molar-refractivity contribution in [1.29, 1.82) is 0 Å². The monoisotopic (exact) mass is 191 g/mol. The summed E-state index contributed by atoms with van der Waals surface area (Å²) in [4.78, 5) is 6.78. The molecule has 0 aliphatic carbocycles. The fraction of sp³-hybridized carbons (Fsp3) is 0.545. The average Bonchev–Trinajstić information content (AvgIpc) is 2.72. The van der Waals surface area contributed by atoms with E-state index in [9.17, 15) is 0 Å². The molecule has 1 aliphatic rings. The Kier molecular flexibility index (Phi) is 2.99. The van der Waals surface area contributed by atoms with Crippen molar-refractivity contribution in [2.24, 2.45) is 0 Å². The fourth-order valence-corrected chi connectivity index (χ4v) is 1.86. The van der Waals surface area contributed by atoms with Gasteiger partial charge in [-0.25, -0.2) is 4.98 Å². The molecule has 1 fully saturated rings. The summed E-state index contributed by atoms with van der Waals surface area (Å²) in [5.74, 6) is 0.940. The molecule has 2 rings (SSSR count). The van der Waals surface area contributed by atoms with E-state index in [2.05, 4.69) is 21.3 Å². The van der Waals surface area contributed by atoms with Gasteiger partial charge in [0, 0.05) is 19.8 Å². The van der Waals surface area contributed by atoms with Crippen LogP contribution >= 0.6 is 0 Å². The minimum atomic E-state index is 0.940. The lowest BCUT2D eigenvalue weighted by Gasteiger charge is -2.14. The molecule has 0 saturated carbocycles. The smallest absolute Gasteiger partial charge is 0.125 e. The highest BCUT2D eigenvalue weighted by molar-refractivity contribution is 5.34. The first-order valence-electron chi connectivity index (χ1n) is 5.23. The van der Waals surface area contributed by atoms with Crippen molar-refractivity contribution in [1.82, 2.24) is 9.88 Å². The maximum absolute atomic E-state index is 4.30. The number of likely N-dealkylation sites (tertiary alicyclic amines) is 1. The summed E-state index contributed by atoms with van der Waals surface area (Å²) in [6.07, 6.45) is 4.66. The number of rotatable bonds is 3. The SMILES string of the molecule is CNc1ccc(CN2CCCC2)cn1. The molecule has 3 heteroatoms. The first-order valence-corrected chi connectivity index (χ1v) is 5.23. The lowest BCUT2D eigenvalue weighted by molar-refractivity contribution is 0.331. The van der Waals surface area contributed by atoms with Crippen molar-refractivity contribution in [2.45, 2.75) is 19.4 Å². The van der Waals surface area contributed by atoms with Crippen LogP contribution in [0.4, 0.5) is 5.82 Å². The summed E-state index contributed by atoms with van der Waals surface area (Å²) in [5, 5.41) is 3.02. The Labute approximate surface area is 85.1 Å². The van der Waals surface area contributed by atoms with E-state index in [1.165, 1.54) is 31.5 Å².